The van der Waals surface area contributed by atoms with Crippen molar-refractivity contribution in [1.29, 1.82) is 0 Å². The van der Waals surface area contributed by atoms with Crippen LogP contribution in [0.1, 0.15) is 39.0 Å². The Hall–Kier alpha value is -0.400. The summed E-state index contributed by atoms with van der Waals surface area (Å²) in [5.41, 5.74) is 0.158. The second-order valence-electron chi connectivity index (χ2n) is 3.53. The van der Waals surface area contributed by atoms with Gasteiger partial charge in [-0.25, -0.2) is 0 Å². The van der Waals surface area contributed by atoms with Gasteiger partial charge in [0.15, 0.2) is 5.66 Å². The lowest BCUT2D eigenvalue weighted by molar-refractivity contribution is 0.292. The molecule has 2 aliphatic rings. The maximum atomic E-state index is 4.09. The fraction of sp³-hybridized carbons (Fsp3) is 1.00. The zero-order valence-corrected chi connectivity index (χ0v) is 6.51. The molecule has 0 unspecified atom stereocenters. The molecule has 56 valence electrons. The van der Waals surface area contributed by atoms with E-state index in [1.54, 1.807) is 0 Å². The molecule has 0 radical (unpaired) electrons. The van der Waals surface area contributed by atoms with Crippen molar-refractivity contribution >= 4 is 0 Å². The Balaban J connectivity index is 1.84. The van der Waals surface area contributed by atoms with Gasteiger partial charge in [-0.1, -0.05) is 13.3 Å². The lowest BCUT2D eigenvalue weighted by atomic mass is 9.83. The van der Waals surface area contributed by atoms with Gasteiger partial charge in [0.2, 0.25) is 0 Å². The SMILES string of the molecule is CCC1CCC2(CC1)N=N2. The Morgan fingerprint density at radius 3 is 2.30 bits per heavy atom. The number of hydrogen-bond acceptors (Lipinski definition) is 2. The molecule has 10 heavy (non-hydrogen) atoms. The summed E-state index contributed by atoms with van der Waals surface area (Å²) in [6, 6.07) is 0. The predicted molar refractivity (Wildman–Crippen MR) is 39.8 cm³/mol. The van der Waals surface area contributed by atoms with E-state index in [0.29, 0.717) is 0 Å². The standard InChI is InChI=1S/C8H14N2/c1-2-7-3-5-8(6-4-7)9-10-8/h7H,2-6H2,1H3. The molecule has 0 atom stereocenters. The Morgan fingerprint density at radius 2 is 1.90 bits per heavy atom. The van der Waals surface area contributed by atoms with Gasteiger partial charge in [-0.2, -0.15) is 10.2 Å². The summed E-state index contributed by atoms with van der Waals surface area (Å²) in [5.74, 6) is 0.969. The number of rotatable bonds is 1. The van der Waals surface area contributed by atoms with Crippen LogP contribution in [0.2, 0.25) is 0 Å². The van der Waals surface area contributed by atoms with Gasteiger partial charge in [0.05, 0.1) is 0 Å². The zero-order valence-electron chi connectivity index (χ0n) is 6.51. The highest BCUT2D eigenvalue weighted by atomic mass is 15.4. The van der Waals surface area contributed by atoms with Crippen LogP contribution in [0, 0.1) is 5.92 Å². The van der Waals surface area contributed by atoms with Gasteiger partial charge >= 0.3 is 0 Å². The van der Waals surface area contributed by atoms with Gasteiger partial charge in [0, 0.05) is 0 Å². The molecule has 0 aromatic heterocycles. The first-order chi connectivity index (χ1) is 4.85. The molecule has 2 nitrogen and oxygen atoms in total. The predicted octanol–water partition coefficient (Wildman–Crippen LogP) is 2.75. The Labute approximate surface area is 61.7 Å². The molecule has 1 heterocycles. The van der Waals surface area contributed by atoms with E-state index in [4.69, 9.17) is 0 Å². The van der Waals surface area contributed by atoms with Crippen molar-refractivity contribution in [3.8, 4) is 0 Å². The lowest BCUT2D eigenvalue weighted by Gasteiger charge is -2.23. The van der Waals surface area contributed by atoms with E-state index in [1.165, 1.54) is 32.1 Å². The van der Waals surface area contributed by atoms with E-state index in [-0.39, 0.29) is 5.66 Å². The van der Waals surface area contributed by atoms with Gasteiger partial charge in [0.25, 0.3) is 0 Å². The zero-order chi connectivity index (χ0) is 7.03. The molecule has 0 amide bonds. The number of hydrogen-bond donors (Lipinski definition) is 0. The first-order valence-electron chi connectivity index (χ1n) is 4.29. The minimum atomic E-state index is 0.158. The maximum absolute atomic E-state index is 4.09. The van der Waals surface area contributed by atoms with Gasteiger partial charge in [-0.15, -0.1) is 0 Å². The largest absolute Gasteiger partial charge is 0.191 e. The molecule has 1 aliphatic carbocycles. The van der Waals surface area contributed by atoms with Crippen molar-refractivity contribution in [3.63, 3.8) is 0 Å². The topological polar surface area (TPSA) is 24.7 Å². The fourth-order valence-electron chi connectivity index (χ4n) is 1.82. The molecule has 2 heteroatoms. The van der Waals surface area contributed by atoms with Crippen LogP contribution in [0.3, 0.4) is 0 Å². The van der Waals surface area contributed by atoms with Gasteiger partial charge in [-0.05, 0) is 31.6 Å². The van der Waals surface area contributed by atoms with Crippen LogP contribution in [-0.4, -0.2) is 5.66 Å². The van der Waals surface area contributed by atoms with Gasteiger partial charge < -0.3 is 0 Å². The Morgan fingerprint density at radius 1 is 1.30 bits per heavy atom. The number of nitrogens with zero attached hydrogens (tertiary/aromatic N) is 2. The average Bonchev–Trinajstić information content (AvgIpc) is 2.72. The minimum Gasteiger partial charge on any atom is -0.159 e. The van der Waals surface area contributed by atoms with Crippen LogP contribution in [0.25, 0.3) is 0 Å². The molecule has 0 aromatic carbocycles. The highest BCUT2D eigenvalue weighted by Crippen LogP contribution is 2.44. The minimum absolute atomic E-state index is 0.158. The van der Waals surface area contributed by atoms with Crippen molar-refractivity contribution in [2.75, 3.05) is 0 Å². The highest BCUT2D eigenvalue weighted by molar-refractivity contribution is 4.96. The smallest absolute Gasteiger partial charge is 0.159 e. The molecule has 0 aromatic rings. The van der Waals surface area contributed by atoms with Crippen LogP contribution >= 0.6 is 0 Å². The highest BCUT2D eigenvalue weighted by Gasteiger charge is 2.42. The quantitative estimate of drug-likeness (QED) is 0.532. The van der Waals surface area contributed by atoms with E-state index >= 15 is 0 Å². The molecule has 2 rings (SSSR count). The summed E-state index contributed by atoms with van der Waals surface area (Å²) < 4.78 is 0. The van der Waals surface area contributed by atoms with Crippen LogP contribution in [0.4, 0.5) is 0 Å². The molecule has 1 saturated carbocycles. The van der Waals surface area contributed by atoms with Gasteiger partial charge in [-0.3, -0.25) is 0 Å². The van der Waals surface area contributed by atoms with E-state index in [2.05, 4.69) is 17.2 Å². The molecule has 1 spiro atoms. The molecular weight excluding hydrogens is 124 g/mol. The van der Waals surface area contributed by atoms with Gasteiger partial charge in [0.1, 0.15) is 0 Å². The van der Waals surface area contributed by atoms with Crippen LogP contribution in [0.5, 0.6) is 0 Å². The summed E-state index contributed by atoms with van der Waals surface area (Å²) in [7, 11) is 0. The summed E-state index contributed by atoms with van der Waals surface area (Å²) in [5, 5.41) is 8.17. The first-order valence-corrected chi connectivity index (χ1v) is 4.29. The summed E-state index contributed by atoms with van der Waals surface area (Å²) in [4.78, 5) is 0. The van der Waals surface area contributed by atoms with E-state index < -0.39 is 0 Å². The molecule has 1 aliphatic heterocycles. The van der Waals surface area contributed by atoms with Crippen molar-refractivity contribution in [2.45, 2.75) is 44.7 Å². The molecule has 1 fully saturated rings. The van der Waals surface area contributed by atoms with Crippen molar-refractivity contribution in [1.82, 2.24) is 0 Å². The Bertz CT molecular complexity index is 147. The van der Waals surface area contributed by atoms with Crippen molar-refractivity contribution in [2.24, 2.45) is 16.1 Å². The summed E-state index contributed by atoms with van der Waals surface area (Å²) >= 11 is 0. The van der Waals surface area contributed by atoms with Crippen molar-refractivity contribution < 1.29 is 0 Å². The van der Waals surface area contributed by atoms with E-state index in [9.17, 15) is 0 Å². The lowest BCUT2D eigenvalue weighted by Crippen LogP contribution is -2.20. The molecule has 0 saturated heterocycles. The van der Waals surface area contributed by atoms with E-state index in [0.717, 1.165) is 5.92 Å². The van der Waals surface area contributed by atoms with Crippen LogP contribution < -0.4 is 0 Å². The third kappa shape index (κ3) is 0.957. The molecular formula is C8H14N2. The average molecular weight is 138 g/mol. The summed E-state index contributed by atoms with van der Waals surface area (Å²) in [6.45, 7) is 2.28. The van der Waals surface area contributed by atoms with E-state index in [1.807, 2.05) is 0 Å². The molecule has 0 bridgehead atoms. The van der Waals surface area contributed by atoms with Crippen molar-refractivity contribution in [3.05, 3.63) is 0 Å². The maximum Gasteiger partial charge on any atom is 0.191 e. The molecule has 0 N–H and O–H groups in total. The van der Waals surface area contributed by atoms with Crippen LogP contribution in [0.15, 0.2) is 10.2 Å². The third-order valence-corrected chi connectivity index (χ3v) is 2.87. The Kier molecular flexibility index (Phi) is 1.29. The normalized spacial score (nSPS) is 29.3. The second-order valence-corrected chi connectivity index (χ2v) is 3.53. The second kappa shape index (κ2) is 2.04. The van der Waals surface area contributed by atoms with Crippen LogP contribution in [-0.2, 0) is 0 Å². The monoisotopic (exact) mass is 138 g/mol. The summed E-state index contributed by atoms with van der Waals surface area (Å²) in [6.07, 6.45) is 6.50. The fourth-order valence-corrected chi connectivity index (χ4v) is 1.82. The third-order valence-electron chi connectivity index (χ3n) is 2.87. The first kappa shape index (κ1) is 6.32.